The van der Waals surface area contributed by atoms with Gasteiger partial charge in [0.2, 0.25) is 5.78 Å². The maximum Gasteiger partial charge on any atom is 0.351 e. The first-order valence-corrected chi connectivity index (χ1v) is 8.48. The molecule has 0 saturated heterocycles. The Morgan fingerprint density at radius 3 is 2.26 bits per heavy atom. The first-order valence-electron chi connectivity index (χ1n) is 7.34. The fourth-order valence-corrected chi connectivity index (χ4v) is 3.08. The molecule has 0 N–H and O–H groups in total. The number of benzene rings is 1. The lowest BCUT2D eigenvalue weighted by Crippen LogP contribution is -2.46. The van der Waals surface area contributed by atoms with Crippen molar-refractivity contribution in [1.29, 1.82) is 0 Å². The van der Waals surface area contributed by atoms with Crippen molar-refractivity contribution in [2.75, 3.05) is 7.05 Å². The summed E-state index contributed by atoms with van der Waals surface area (Å²) in [5, 5.41) is 8.63. The van der Waals surface area contributed by atoms with Crippen molar-refractivity contribution in [3.05, 3.63) is 53.7 Å². The Morgan fingerprint density at radius 1 is 0.963 bits per heavy atom. The van der Waals surface area contributed by atoms with Gasteiger partial charge >= 0.3 is 11.6 Å². The minimum atomic E-state index is -1.33. The van der Waals surface area contributed by atoms with Gasteiger partial charge in [0.25, 0.3) is 5.56 Å². The summed E-state index contributed by atoms with van der Waals surface area (Å²) >= 11 is 18.0. The standard InChI is InChI=1S/C15H10Cl3N5O4/c1-21-14(26)12(24)6(5-19-21)11-13(25)23(15(27)22(2)20-11)10-4-8(17)7(16)3-9(10)18/h3-6H,1-2H3. The van der Waals surface area contributed by atoms with Gasteiger partial charge in [-0.25, -0.2) is 19.1 Å². The van der Waals surface area contributed by atoms with Crippen LogP contribution in [0.2, 0.25) is 15.1 Å². The number of aromatic nitrogens is 3. The van der Waals surface area contributed by atoms with Gasteiger partial charge in [0.05, 0.1) is 20.8 Å². The third kappa shape index (κ3) is 3.18. The van der Waals surface area contributed by atoms with Crippen LogP contribution in [-0.4, -0.2) is 44.3 Å². The van der Waals surface area contributed by atoms with Crippen LogP contribution >= 0.6 is 34.8 Å². The highest BCUT2D eigenvalue weighted by Crippen LogP contribution is 2.30. The lowest BCUT2D eigenvalue weighted by molar-refractivity contribution is -0.144. The molecule has 2 aromatic rings. The van der Waals surface area contributed by atoms with Gasteiger partial charge in [-0.1, -0.05) is 34.8 Å². The Labute approximate surface area is 166 Å². The van der Waals surface area contributed by atoms with Crippen LogP contribution in [0.5, 0.6) is 0 Å². The van der Waals surface area contributed by atoms with Crippen LogP contribution in [0.3, 0.4) is 0 Å². The number of carbonyl (C=O) groups is 2. The number of amides is 1. The number of likely N-dealkylation sites (N-methyl/N-ethyl adjacent to an activating group) is 1. The van der Waals surface area contributed by atoms with Crippen molar-refractivity contribution in [1.82, 2.24) is 19.4 Å². The third-order valence-corrected chi connectivity index (χ3v) is 4.87. The number of halogens is 3. The van der Waals surface area contributed by atoms with E-state index in [0.29, 0.717) is 4.57 Å². The highest BCUT2D eigenvalue weighted by atomic mass is 35.5. The van der Waals surface area contributed by atoms with Gasteiger partial charge in [-0.2, -0.15) is 10.2 Å². The largest absolute Gasteiger partial charge is 0.351 e. The van der Waals surface area contributed by atoms with Crippen LogP contribution in [0.15, 0.2) is 26.8 Å². The average Bonchev–Trinajstić information content (AvgIpc) is 2.61. The minimum absolute atomic E-state index is 0.0137. The number of carbonyl (C=O) groups excluding carboxylic acids is 2. The molecule has 0 saturated carbocycles. The third-order valence-electron chi connectivity index (χ3n) is 3.85. The van der Waals surface area contributed by atoms with Crippen molar-refractivity contribution in [2.45, 2.75) is 5.92 Å². The molecule has 12 heteroatoms. The van der Waals surface area contributed by atoms with Crippen molar-refractivity contribution >= 4 is 52.7 Å². The quantitative estimate of drug-likeness (QED) is 0.522. The van der Waals surface area contributed by atoms with Gasteiger partial charge in [0, 0.05) is 20.3 Å². The topological polar surface area (TPSA) is 107 Å². The summed E-state index contributed by atoms with van der Waals surface area (Å²) in [5.41, 5.74) is -2.15. The maximum atomic E-state index is 12.9. The molecule has 1 unspecified atom stereocenters. The van der Waals surface area contributed by atoms with Crippen molar-refractivity contribution in [3.63, 3.8) is 0 Å². The normalized spacial score (nSPS) is 16.9. The Hall–Kier alpha value is -2.49. The van der Waals surface area contributed by atoms with Gasteiger partial charge in [-0.05, 0) is 12.1 Å². The Morgan fingerprint density at radius 2 is 1.59 bits per heavy atom. The van der Waals surface area contributed by atoms with Gasteiger partial charge in [0.1, 0.15) is 11.6 Å². The van der Waals surface area contributed by atoms with E-state index < -0.39 is 28.9 Å². The summed E-state index contributed by atoms with van der Waals surface area (Å²) in [7, 11) is 2.58. The molecule has 0 fully saturated rings. The predicted octanol–water partition coefficient (Wildman–Crippen LogP) is 1.00. The molecule has 0 spiro atoms. The van der Waals surface area contributed by atoms with E-state index in [-0.39, 0.29) is 26.4 Å². The van der Waals surface area contributed by atoms with E-state index in [2.05, 4.69) is 10.2 Å². The van der Waals surface area contributed by atoms with Crippen LogP contribution < -0.4 is 11.2 Å². The lowest BCUT2D eigenvalue weighted by Gasteiger charge is -2.20. The van der Waals surface area contributed by atoms with E-state index >= 15 is 0 Å². The number of Topliss-reactive ketones (excluding diaryl/α,β-unsaturated/α-hetero) is 1. The number of hydrogen-bond donors (Lipinski definition) is 0. The second-order valence-corrected chi connectivity index (χ2v) is 6.81. The fraction of sp³-hybridized carbons (Fsp3) is 0.200. The van der Waals surface area contributed by atoms with Crippen molar-refractivity contribution < 1.29 is 9.59 Å². The Bertz CT molecular complexity index is 1140. The van der Waals surface area contributed by atoms with E-state index in [9.17, 15) is 19.2 Å². The van der Waals surface area contributed by atoms with Crippen LogP contribution in [0.4, 0.5) is 0 Å². The SMILES string of the molecule is CN1N=CC(c2nn(C)c(=O)n(-c3cc(Cl)c(Cl)cc3Cl)c2=O)C(=O)C1=O. The summed E-state index contributed by atoms with van der Waals surface area (Å²) in [4.78, 5) is 49.6. The number of hydrazone groups is 1. The maximum absolute atomic E-state index is 12.9. The van der Waals surface area contributed by atoms with Crippen LogP contribution in [-0.2, 0) is 16.6 Å². The monoisotopic (exact) mass is 429 g/mol. The van der Waals surface area contributed by atoms with E-state index in [1.54, 1.807) is 0 Å². The van der Waals surface area contributed by atoms with Crippen LogP contribution in [0, 0.1) is 0 Å². The minimum Gasteiger partial charge on any atom is -0.287 e. The predicted molar refractivity (Wildman–Crippen MR) is 99.1 cm³/mol. The molecular weight excluding hydrogens is 421 g/mol. The fourth-order valence-electron chi connectivity index (χ4n) is 2.46. The summed E-state index contributed by atoms with van der Waals surface area (Å²) < 4.78 is 1.55. The van der Waals surface area contributed by atoms with Crippen LogP contribution in [0.25, 0.3) is 5.69 Å². The van der Waals surface area contributed by atoms with Crippen LogP contribution in [0.1, 0.15) is 11.6 Å². The van der Waals surface area contributed by atoms with E-state index in [1.807, 2.05) is 0 Å². The van der Waals surface area contributed by atoms with Crippen molar-refractivity contribution in [2.24, 2.45) is 12.1 Å². The zero-order valence-corrected chi connectivity index (χ0v) is 16.1. The van der Waals surface area contributed by atoms with E-state index in [0.717, 1.165) is 15.9 Å². The highest BCUT2D eigenvalue weighted by molar-refractivity contribution is 6.44. The molecule has 3 rings (SSSR count). The molecule has 1 aromatic heterocycles. The molecule has 1 amide bonds. The second-order valence-electron chi connectivity index (χ2n) is 5.58. The Balaban J connectivity index is 2.31. The molecule has 140 valence electrons. The smallest absolute Gasteiger partial charge is 0.287 e. The number of hydrogen-bond acceptors (Lipinski definition) is 6. The summed E-state index contributed by atoms with van der Waals surface area (Å²) in [6.45, 7) is 0. The van der Waals surface area contributed by atoms with E-state index in [4.69, 9.17) is 34.8 Å². The van der Waals surface area contributed by atoms with Gasteiger partial charge in [-0.15, -0.1) is 0 Å². The summed E-state index contributed by atoms with van der Waals surface area (Å²) in [6, 6.07) is 2.52. The molecule has 9 nitrogen and oxygen atoms in total. The molecule has 0 aliphatic carbocycles. The number of rotatable bonds is 2. The number of nitrogens with zero attached hydrogens (tertiary/aromatic N) is 5. The molecule has 1 aliphatic rings. The summed E-state index contributed by atoms with van der Waals surface area (Å²) in [6.07, 6.45) is 1.11. The number of aryl methyl sites for hydroxylation is 1. The molecule has 27 heavy (non-hydrogen) atoms. The molecule has 1 atom stereocenters. The first kappa shape index (κ1) is 19.3. The zero-order chi connectivity index (χ0) is 20.0. The molecule has 1 aromatic carbocycles. The van der Waals surface area contributed by atoms with Gasteiger partial charge in [-0.3, -0.25) is 14.4 Å². The van der Waals surface area contributed by atoms with Crippen molar-refractivity contribution in [3.8, 4) is 5.69 Å². The first-order chi connectivity index (χ1) is 12.6. The van der Waals surface area contributed by atoms with Gasteiger partial charge in [0.15, 0.2) is 0 Å². The zero-order valence-electron chi connectivity index (χ0n) is 13.8. The number of ketones is 1. The molecule has 2 heterocycles. The molecule has 0 bridgehead atoms. The lowest BCUT2D eigenvalue weighted by atomic mass is 10.00. The Kier molecular flexibility index (Phi) is 4.94. The molecular formula is C15H10Cl3N5O4. The highest BCUT2D eigenvalue weighted by Gasteiger charge is 2.36. The van der Waals surface area contributed by atoms with E-state index in [1.165, 1.54) is 26.2 Å². The van der Waals surface area contributed by atoms with Gasteiger partial charge < -0.3 is 0 Å². The molecule has 0 radical (unpaired) electrons. The second kappa shape index (κ2) is 6.91. The summed E-state index contributed by atoms with van der Waals surface area (Å²) in [5.74, 6) is -3.14. The average molecular weight is 431 g/mol. The molecule has 1 aliphatic heterocycles.